The quantitative estimate of drug-likeness (QED) is 0.847. The van der Waals surface area contributed by atoms with Crippen LogP contribution in [0.1, 0.15) is 12.5 Å². The third kappa shape index (κ3) is 3.06. The number of nitrogens with zero attached hydrogens (tertiary/aromatic N) is 1. The minimum absolute atomic E-state index is 0.343. The van der Waals surface area contributed by atoms with Gasteiger partial charge in [-0.15, -0.1) is 0 Å². The molecule has 0 bridgehead atoms. The van der Waals surface area contributed by atoms with Crippen molar-refractivity contribution in [3.8, 4) is 0 Å². The molecule has 1 aromatic heterocycles. The number of ether oxygens (including phenoxy) is 1. The molecule has 18 heavy (non-hydrogen) atoms. The van der Waals surface area contributed by atoms with Gasteiger partial charge in [0, 0.05) is 24.2 Å². The molecule has 1 heterocycles. The molecule has 1 aromatic carbocycles. The molecular formula is C15H20N2O. The molecule has 0 spiro atoms. The fraction of sp³-hybridized carbons (Fsp3) is 0.400. The number of pyridine rings is 1. The second-order valence-electron chi connectivity index (χ2n) is 4.34. The number of para-hydroxylation sites is 1. The summed E-state index contributed by atoms with van der Waals surface area (Å²) in [5.74, 6) is 0. The molecule has 0 aliphatic carbocycles. The Labute approximate surface area is 108 Å². The molecule has 1 atom stereocenters. The van der Waals surface area contributed by atoms with Crippen LogP contribution in [0.15, 0.2) is 36.5 Å². The number of likely N-dealkylation sites (N-methyl/N-ethyl adjacent to an activating group) is 1. The number of fused-ring (bicyclic) bond motifs is 1. The second kappa shape index (κ2) is 6.47. The molecule has 0 saturated carbocycles. The maximum atomic E-state index is 5.49. The molecule has 96 valence electrons. The van der Waals surface area contributed by atoms with Crippen molar-refractivity contribution in [2.24, 2.45) is 0 Å². The molecule has 1 unspecified atom stereocenters. The van der Waals surface area contributed by atoms with Crippen molar-refractivity contribution >= 4 is 10.9 Å². The molecule has 0 aliphatic rings. The van der Waals surface area contributed by atoms with E-state index in [-0.39, 0.29) is 0 Å². The molecule has 0 saturated heterocycles. The van der Waals surface area contributed by atoms with E-state index in [1.54, 1.807) is 0 Å². The zero-order chi connectivity index (χ0) is 12.8. The summed E-state index contributed by atoms with van der Waals surface area (Å²) in [6.45, 7) is 3.52. The van der Waals surface area contributed by atoms with Crippen molar-refractivity contribution in [3.05, 3.63) is 42.1 Å². The van der Waals surface area contributed by atoms with Crippen LogP contribution in [0.5, 0.6) is 0 Å². The van der Waals surface area contributed by atoms with E-state index in [1.165, 1.54) is 10.9 Å². The van der Waals surface area contributed by atoms with E-state index in [0.29, 0.717) is 6.04 Å². The monoisotopic (exact) mass is 244 g/mol. The fourth-order valence-electron chi connectivity index (χ4n) is 2.10. The Balaban J connectivity index is 2.19. The van der Waals surface area contributed by atoms with Gasteiger partial charge in [0.15, 0.2) is 0 Å². The lowest BCUT2D eigenvalue weighted by Gasteiger charge is -2.17. The van der Waals surface area contributed by atoms with E-state index in [9.17, 15) is 0 Å². The summed E-state index contributed by atoms with van der Waals surface area (Å²) < 4.78 is 5.49. The lowest BCUT2D eigenvalue weighted by Crippen LogP contribution is -2.32. The Morgan fingerprint density at radius 2 is 2.11 bits per heavy atom. The Kier molecular flexibility index (Phi) is 4.67. The molecule has 1 N–H and O–H groups in total. The third-order valence-electron chi connectivity index (χ3n) is 3.14. The SMILES string of the molecule is CCOCC(Cc1ccnc2ccccc12)NC. The number of rotatable bonds is 6. The van der Waals surface area contributed by atoms with E-state index in [0.717, 1.165) is 25.2 Å². The third-order valence-corrected chi connectivity index (χ3v) is 3.14. The van der Waals surface area contributed by atoms with Crippen molar-refractivity contribution in [2.75, 3.05) is 20.3 Å². The van der Waals surface area contributed by atoms with E-state index in [2.05, 4.69) is 34.6 Å². The van der Waals surface area contributed by atoms with Crippen LogP contribution in [0.3, 0.4) is 0 Å². The number of hydrogen-bond donors (Lipinski definition) is 1. The predicted molar refractivity (Wildman–Crippen MR) is 74.8 cm³/mol. The minimum atomic E-state index is 0.343. The molecule has 0 radical (unpaired) electrons. The van der Waals surface area contributed by atoms with Crippen molar-refractivity contribution in [1.29, 1.82) is 0 Å². The van der Waals surface area contributed by atoms with E-state index >= 15 is 0 Å². The molecular weight excluding hydrogens is 224 g/mol. The van der Waals surface area contributed by atoms with Gasteiger partial charge in [-0.25, -0.2) is 0 Å². The van der Waals surface area contributed by atoms with Crippen LogP contribution in [0, 0.1) is 0 Å². The van der Waals surface area contributed by atoms with Crippen LogP contribution in [-0.2, 0) is 11.2 Å². The number of benzene rings is 1. The van der Waals surface area contributed by atoms with Gasteiger partial charge in [0.1, 0.15) is 0 Å². The van der Waals surface area contributed by atoms with Crippen LogP contribution in [-0.4, -0.2) is 31.3 Å². The number of aromatic nitrogens is 1. The maximum absolute atomic E-state index is 5.49. The molecule has 2 aromatic rings. The van der Waals surface area contributed by atoms with Gasteiger partial charge < -0.3 is 10.1 Å². The van der Waals surface area contributed by atoms with Crippen molar-refractivity contribution < 1.29 is 4.74 Å². The maximum Gasteiger partial charge on any atom is 0.0704 e. The summed E-state index contributed by atoms with van der Waals surface area (Å²) >= 11 is 0. The molecule has 3 nitrogen and oxygen atoms in total. The summed E-state index contributed by atoms with van der Waals surface area (Å²) in [6.07, 6.45) is 2.84. The predicted octanol–water partition coefficient (Wildman–Crippen LogP) is 2.40. The van der Waals surface area contributed by atoms with E-state index in [4.69, 9.17) is 4.74 Å². The highest BCUT2D eigenvalue weighted by Crippen LogP contribution is 2.17. The first-order valence-corrected chi connectivity index (χ1v) is 6.42. The van der Waals surface area contributed by atoms with Crippen LogP contribution in [0.4, 0.5) is 0 Å². The summed E-state index contributed by atoms with van der Waals surface area (Å²) in [7, 11) is 1.98. The van der Waals surface area contributed by atoms with Gasteiger partial charge in [0.25, 0.3) is 0 Å². The second-order valence-corrected chi connectivity index (χ2v) is 4.34. The summed E-state index contributed by atoms with van der Waals surface area (Å²) in [4.78, 5) is 4.39. The first kappa shape index (κ1) is 13.0. The van der Waals surface area contributed by atoms with Gasteiger partial charge in [-0.2, -0.15) is 0 Å². The lowest BCUT2D eigenvalue weighted by atomic mass is 10.0. The molecule has 2 rings (SSSR count). The average Bonchev–Trinajstić information content (AvgIpc) is 2.43. The highest BCUT2D eigenvalue weighted by Gasteiger charge is 2.09. The Morgan fingerprint density at radius 3 is 2.89 bits per heavy atom. The minimum Gasteiger partial charge on any atom is -0.380 e. The van der Waals surface area contributed by atoms with Crippen molar-refractivity contribution in [1.82, 2.24) is 10.3 Å². The van der Waals surface area contributed by atoms with Gasteiger partial charge in [0.05, 0.1) is 12.1 Å². The lowest BCUT2D eigenvalue weighted by molar-refractivity contribution is 0.125. The summed E-state index contributed by atoms with van der Waals surface area (Å²) in [5.41, 5.74) is 2.38. The van der Waals surface area contributed by atoms with Crippen LogP contribution in [0.25, 0.3) is 10.9 Å². The summed E-state index contributed by atoms with van der Waals surface area (Å²) in [6, 6.07) is 10.7. The highest BCUT2D eigenvalue weighted by molar-refractivity contribution is 5.81. The van der Waals surface area contributed by atoms with Crippen molar-refractivity contribution in [3.63, 3.8) is 0 Å². The van der Waals surface area contributed by atoms with Crippen LogP contribution in [0.2, 0.25) is 0 Å². The standard InChI is InChI=1S/C15H20N2O/c1-3-18-11-13(16-2)10-12-8-9-17-15-7-5-4-6-14(12)15/h4-9,13,16H,3,10-11H2,1-2H3. The number of nitrogens with one attached hydrogen (secondary N) is 1. The Hall–Kier alpha value is -1.45. The van der Waals surface area contributed by atoms with Gasteiger partial charge >= 0.3 is 0 Å². The zero-order valence-corrected chi connectivity index (χ0v) is 11.0. The molecule has 3 heteroatoms. The van der Waals surface area contributed by atoms with E-state index < -0.39 is 0 Å². The highest BCUT2D eigenvalue weighted by atomic mass is 16.5. The fourth-order valence-corrected chi connectivity index (χ4v) is 2.10. The Morgan fingerprint density at radius 1 is 1.28 bits per heavy atom. The normalized spacial score (nSPS) is 12.8. The van der Waals surface area contributed by atoms with Crippen LogP contribution >= 0.6 is 0 Å². The van der Waals surface area contributed by atoms with Gasteiger partial charge in [-0.1, -0.05) is 18.2 Å². The summed E-state index contributed by atoms with van der Waals surface area (Å²) in [5, 5.41) is 4.54. The number of hydrogen-bond acceptors (Lipinski definition) is 3. The Bertz CT molecular complexity index is 493. The van der Waals surface area contributed by atoms with E-state index in [1.807, 2.05) is 26.2 Å². The molecule has 0 amide bonds. The van der Waals surface area contributed by atoms with Gasteiger partial charge in [0.2, 0.25) is 0 Å². The van der Waals surface area contributed by atoms with Crippen LogP contribution < -0.4 is 5.32 Å². The zero-order valence-electron chi connectivity index (χ0n) is 11.0. The van der Waals surface area contributed by atoms with Gasteiger partial charge in [-0.3, -0.25) is 4.98 Å². The van der Waals surface area contributed by atoms with Gasteiger partial charge in [-0.05, 0) is 38.1 Å². The largest absolute Gasteiger partial charge is 0.380 e. The first-order chi connectivity index (χ1) is 8.85. The smallest absolute Gasteiger partial charge is 0.0704 e. The molecule has 0 fully saturated rings. The average molecular weight is 244 g/mol. The molecule has 0 aliphatic heterocycles. The van der Waals surface area contributed by atoms with Crippen molar-refractivity contribution in [2.45, 2.75) is 19.4 Å². The topological polar surface area (TPSA) is 34.1 Å². The first-order valence-electron chi connectivity index (χ1n) is 6.42.